The van der Waals surface area contributed by atoms with Gasteiger partial charge in [-0.05, 0) is 53.8 Å². The van der Waals surface area contributed by atoms with E-state index in [0.717, 1.165) is 24.3 Å². The number of para-hydroxylation sites is 1. The molecule has 4 nitrogen and oxygen atoms in total. The SMILES string of the molecule is CC(C)c1ccc(NC(=O)c2ccc(N3CCc4ccccc43)cn2)cc1. The van der Waals surface area contributed by atoms with E-state index in [1.165, 1.54) is 16.8 Å². The number of hydrogen-bond donors (Lipinski definition) is 1. The molecular weight excluding hydrogens is 334 g/mol. The van der Waals surface area contributed by atoms with Gasteiger partial charge in [-0.1, -0.05) is 44.2 Å². The Labute approximate surface area is 159 Å². The fourth-order valence-corrected chi connectivity index (χ4v) is 3.43. The maximum absolute atomic E-state index is 12.5. The Bertz CT molecular complexity index is 946. The monoisotopic (exact) mass is 357 g/mol. The van der Waals surface area contributed by atoms with Gasteiger partial charge in [0.15, 0.2) is 0 Å². The third-order valence-corrected chi connectivity index (χ3v) is 5.01. The number of carbonyl (C=O) groups is 1. The molecule has 1 amide bonds. The number of benzene rings is 2. The number of nitrogens with one attached hydrogen (secondary N) is 1. The van der Waals surface area contributed by atoms with Crippen LogP contribution in [0, 0.1) is 0 Å². The van der Waals surface area contributed by atoms with E-state index in [9.17, 15) is 4.79 Å². The highest BCUT2D eigenvalue weighted by Crippen LogP contribution is 2.33. The van der Waals surface area contributed by atoms with Crippen molar-refractivity contribution in [3.63, 3.8) is 0 Å². The average Bonchev–Trinajstić information content (AvgIpc) is 3.12. The summed E-state index contributed by atoms with van der Waals surface area (Å²) in [7, 11) is 0. The predicted octanol–water partition coefficient (Wildman–Crippen LogP) is 5.15. The van der Waals surface area contributed by atoms with E-state index in [4.69, 9.17) is 0 Å². The smallest absolute Gasteiger partial charge is 0.274 e. The van der Waals surface area contributed by atoms with Crippen LogP contribution in [-0.4, -0.2) is 17.4 Å². The number of amides is 1. The Morgan fingerprint density at radius 3 is 2.52 bits per heavy atom. The first kappa shape index (κ1) is 17.3. The van der Waals surface area contributed by atoms with Crippen LogP contribution in [0.1, 0.15) is 41.4 Å². The van der Waals surface area contributed by atoms with Gasteiger partial charge in [-0.2, -0.15) is 0 Å². The van der Waals surface area contributed by atoms with Crippen LogP contribution in [-0.2, 0) is 6.42 Å². The van der Waals surface area contributed by atoms with Crippen LogP contribution in [0.4, 0.5) is 17.1 Å². The quantitative estimate of drug-likeness (QED) is 0.702. The van der Waals surface area contributed by atoms with Gasteiger partial charge in [0.1, 0.15) is 5.69 Å². The van der Waals surface area contributed by atoms with Crippen LogP contribution in [0.5, 0.6) is 0 Å². The zero-order valence-electron chi connectivity index (χ0n) is 15.6. The molecule has 0 atom stereocenters. The predicted molar refractivity (Wildman–Crippen MR) is 110 cm³/mol. The summed E-state index contributed by atoms with van der Waals surface area (Å²) in [6.45, 7) is 5.24. The second-order valence-corrected chi connectivity index (χ2v) is 7.16. The Hall–Kier alpha value is -3.14. The molecule has 4 heteroatoms. The summed E-state index contributed by atoms with van der Waals surface area (Å²) < 4.78 is 0. The molecule has 136 valence electrons. The molecule has 0 saturated carbocycles. The van der Waals surface area contributed by atoms with Crippen LogP contribution in [0.15, 0.2) is 66.9 Å². The normalized spacial score (nSPS) is 12.9. The van der Waals surface area contributed by atoms with Crippen LogP contribution < -0.4 is 10.2 Å². The van der Waals surface area contributed by atoms with Gasteiger partial charge in [0.05, 0.1) is 11.9 Å². The minimum Gasteiger partial charge on any atom is -0.340 e. The van der Waals surface area contributed by atoms with E-state index in [1.54, 1.807) is 12.3 Å². The van der Waals surface area contributed by atoms with E-state index < -0.39 is 0 Å². The fourth-order valence-electron chi connectivity index (χ4n) is 3.43. The van der Waals surface area contributed by atoms with Crippen molar-refractivity contribution in [2.24, 2.45) is 0 Å². The summed E-state index contributed by atoms with van der Waals surface area (Å²) in [5.41, 5.74) is 6.04. The summed E-state index contributed by atoms with van der Waals surface area (Å²) in [5.74, 6) is 0.278. The maximum atomic E-state index is 12.5. The van der Waals surface area contributed by atoms with E-state index in [1.807, 2.05) is 30.3 Å². The molecule has 0 saturated heterocycles. The van der Waals surface area contributed by atoms with Crippen molar-refractivity contribution >= 4 is 23.0 Å². The van der Waals surface area contributed by atoms with Gasteiger partial charge in [-0.15, -0.1) is 0 Å². The zero-order valence-corrected chi connectivity index (χ0v) is 15.6. The average molecular weight is 357 g/mol. The molecule has 4 rings (SSSR count). The molecule has 3 aromatic rings. The van der Waals surface area contributed by atoms with E-state index in [0.29, 0.717) is 11.6 Å². The molecule has 0 bridgehead atoms. The van der Waals surface area contributed by atoms with Crippen molar-refractivity contribution in [3.8, 4) is 0 Å². The van der Waals surface area contributed by atoms with E-state index >= 15 is 0 Å². The molecule has 2 aromatic carbocycles. The fraction of sp³-hybridized carbons (Fsp3) is 0.217. The first-order chi connectivity index (χ1) is 13.1. The van der Waals surface area contributed by atoms with Gasteiger partial charge >= 0.3 is 0 Å². The zero-order chi connectivity index (χ0) is 18.8. The highest BCUT2D eigenvalue weighted by Gasteiger charge is 2.20. The lowest BCUT2D eigenvalue weighted by molar-refractivity contribution is 0.102. The van der Waals surface area contributed by atoms with Crippen molar-refractivity contribution in [2.45, 2.75) is 26.2 Å². The van der Waals surface area contributed by atoms with E-state index in [-0.39, 0.29) is 5.91 Å². The van der Waals surface area contributed by atoms with Gasteiger partial charge in [-0.25, -0.2) is 4.98 Å². The first-order valence-corrected chi connectivity index (χ1v) is 9.34. The number of anilines is 3. The number of fused-ring (bicyclic) bond motifs is 1. The molecule has 1 aliphatic rings. The van der Waals surface area contributed by atoms with Crippen molar-refractivity contribution in [1.29, 1.82) is 0 Å². The number of rotatable bonds is 4. The standard InChI is InChI=1S/C23H23N3O/c1-16(2)17-7-9-19(10-8-17)25-23(27)21-12-11-20(15-24-21)26-14-13-18-5-3-4-6-22(18)26/h3-12,15-16H,13-14H2,1-2H3,(H,25,27). The number of carbonyl (C=O) groups excluding carboxylic acids is 1. The number of hydrogen-bond acceptors (Lipinski definition) is 3. The summed E-state index contributed by atoms with van der Waals surface area (Å²) in [6.07, 6.45) is 2.81. The highest BCUT2D eigenvalue weighted by atomic mass is 16.1. The lowest BCUT2D eigenvalue weighted by Crippen LogP contribution is -2.16. The summed E-state index contributed by atoms with van der Waals surface area (Å²) in [5, 5.41) is 2.91. The van der Waals surface area contributed by atoms with Crippen LogP contribution in [0.2, 0.25) is 0 Å². The minimum atomic E-state index is -0.194. The van der Waals surface area contributed by atoms with Gasteiger partial charge in [-0.3, -0.25) is 4.79 Å². The second-order valence-electron chi connectivity index (χ2n) is 7.16. The molecule has 2 heterocycles. The van der Waals surface area contributed by atoms with E-state index in [2.05, 4.69) is 53.3 Å². The molecular formula is C23H23N3O. The van der Waals surface area contributed by atoms with Gasteiger partial charge in [0.2, 0.25) is 0 Å². The van der Waals surface area contributed by atoms with Crippen LogP contribution in [0.25, 0.3) is 0 Å². The Balaban J connectivity index is 1.47. The molecule has 1 N–H and O–H groups in total. The minimum absolute atomic E-state index is 0.194. The molecule has 0 spiro atoms. The topological polar surface area (TPSA) is 45.2 Å². The maximum Gasteiger partial charge on any atom is 0.274 e. The lowest BCUT2D eigenvalue weighted by Gasteiger charge is -2.19. The molecule has 27 heavy (non-hydrogen) atoms. The number of pyridine rings is 1. The lowest BCUT2D eigenvalue weighted by atomic mass is 10.0. The molecule has 1 aromatic heterocycles. The first-order valence-electron chi connectivity index (χ1n) is 9.34. The third-order valence-electron chi connectivity index (χ3n) is 5.01. The Morgan fingerprint density at radius 2 is 1.81 bits per heavy atom. The largest absolute Gasteiger partial charge is 0.340 e. The van der Waals surface area contributed by atoms with Gasteiger partial charge < -0.3 is 10.2 Å². The summed E-state index contributed by atoms with van der Waals surface area (Å²) in [6, 6.07) is 20.1. The molecule has 0 radical (unpaired) electrons. The molecule has 0 fully saturated rings. The molecule has 0 aliphatic carbocycles. The summed E-state index contributed by atoms with van der Waals surface area (Å²) in [4.78, 5) is 19.1. The van der Waals surface area contributed by atoms with Gasteiger partial charge in [0.25, 0.3) is 5.91 Å². The molecule has 1 aliphatic heterocycles. The number of nitrogens with zero attached hydrogens (tertiary/aromatic N) is 2. The Kier molecular flexibility index (Phi) is 4.63. The van der Waals surface area contributed by atoms with Gasteiger partial charge in [0, 0.05) is 17.9 Å². The Morgan fingerprint density at radius 1 is 1.04 bits per heavy atom. The van der Waals surface area contributed by atoms with Crippen LogP contribution >= 0.6 is 0 Å². The second kappa shape index (κ2) is 7.23. The van der Waals surface area contributed by atoms with Crippen molar-refractivity contribution in [3.05, 3.63) is 83.7 Å². The number of aromatic nitrogens is 1. The molecule has 0 unspecified atom stereocenters. The third kappa shape index (κ3) is 3.56. The van der Waals surface area contributed by atoms with Crippen LogP contribution in [0.3, 0.4) is 0 Å². The van der Waals surface area contributed by atoms with Crippen molar-refractivity contribution in [1.82, 2.24) is 4.98 Å². The summed E-state index contributed by atoms with van der Waals surface area (Å²) >= 11 is 0. The van der Waals surface area contributed by atoms with Crippen molar-refractivity contribution in [2.75, 3.05) is 16.8 Å². The highest BCUT2D eigenvalue weighted by molar-refractivity contribution is 6.03. The van der Waals surface area contributed by atoms with Crippen molar-refractivity contribution < 1.29 is 4.79 Å².